The van der Waals surface area contributed by atoms with Gasteiger partial charge in [0.25, 0.3) is 0 Å². The molecule has 7 heteroatoms. The molecule has 0 atom stereocenters. The van der Waals surface area contributed by atoms with E-state index in [0.717, 1.165) is 5.56 Å². The fraction of sp³-hybridized carbons (Fsp3) is 0.214. The van der Waals surface area contributed by atoms with Gasteiger partial charge in [0.2, 0.25) is 5.88 Å². The molecule has 0 saturated carbocycles. The molecule has 110 valence electrons. The van der Waals surface area contributed by atoms with Gasteiger partial charge in [0.05, 0.1) is 20.4 Å². The first-order valence-electron chi connectivity index (χ1n) is 6.22. The van der Waals surface area contributed by atoms with Crippen LogP contribution in [0.1, 0.15) is 5.56 Å². The molecule has 1 heterocycles. The van der Waals surface area contributed by atoms with E-state index in [2.05, 4.69) is 20.6 Å². The van der Waals surface area contributed by atoms with Crippen molar-refractivity contribution < 1.29 is 14.3 Å². The van der Waals surface area contributed by atoms with Crippen molar-refractivity contribution in [2.24, 2.45) is 0 Å². The Morgan fingerprint density at radius 2 is 1.81 bits per heavy atom. The monoisotopic (exact) mass is 288 g/mol. The molecule has 0 unspecified atom stereocenters. The van der Waals surface area contributed by atoms with Crippen LogP contribution in [0.15, 0.2) is 30.5 Å². The number of carbonyl (C=O) groups excluding carboxylic acids is 1. The number of anilines is 2. The lowest BCUT2D eigenvalue weighted by molar-refractivity contribution is 0.262. The first-order chi connectivity index (χ1) is 10.1. The van der Waals surface area contributed by atoms with Crippen LogP contribution in [-0.4, -0.2) is 30.2 Å². The van der Waals surface area contributed by atoms with Crippen LogP contribution < -0.4 is 20.1 Å². The van der Waals surface area contributed by atoms with E-state index >= 15 is 0 Å². The minimum absolute atomic E-state index is 0.163. The van der Waals surface area contributed by atoms with Crippen molar-refractivity contribution >= 4 is 17.4 Å². The van der Waals surface area contributed by atoms with E-state index in [-0.39, 0.29) is 11.9 Å². The summed E-state index contributed by atoms with van der Waals surface area (Å²) in [7, 11) is 2.90. The molecular weight excluding hydrogens is 272 g/mol. The molecule has 0 spiro atoms. The molecule has 0 aliphatic carbocycles. The molecule has 0 radical (unpaired) electrons. The van der Waals surface area contributed by atoms with Gasteiger partial charge in [0.1, 0.15) is 5.69 Å². The molecule has 7 nitrogen and oxygen atoms in total. The number of nitrogens with zero attached hydrogens (tertiary/aromatic N) is 2. The molecule has 1 aromatic heterocycles. The Kier molecular flexibility index (Phi) is 4.55. The molecule has 0 aliphatic rings. The van der Waals surface area contributed by atoms with E-state index in [9.17, 15) is 4.79 Å². The van der Waals surface area contributed by atoms with E-state index in [1.165, 1.54) is 20.4 Å². The van der Waals surface area contributed by atoms with Crippen molar-refractivity contribution in [1.29, 1.82) is 0 Å². The van der Waals surface area contributed by atoms with Gasteiger partial charge >= 0.3 is 12.0 Å². The number of nitrogens with one attached hydrogen (secondary N) is 2. The molecule has 2 aromatic rings. The first-order valence-corrected chi connectivity index (χ1v) is 6.22. The Balaban J connectivity index is 2.07. The third kappa shape index (κ3) is 3.82. The summed E-state index contributed by atoms with van der Waals surface area (Å²) in [6.07, 6.45) is 1.42. The van der Waals surface area contributed by atoms with Crippen LogP contribution >= 0.6 is 0 Å². The highest BCUT2D eigenvalue weighted by atomic mass is 16.5. The number of hydrogen-bond donors (Lipinski definition) is 2. The lowest BCUT2D eigenvalue weighted by Crippen LogP contribution is -2.20. The number of carbonyl (C=O) groups is 1. The smallest absolute Gasteiger partial charge is 0.323 e. The van der Waals surface area contributed by atoms with Gasteiger partial charge in [-0.3, -0.25) is 0 Å². The Morgan fingerprint density at radius 1 is 1.10 bits per heavy atom. The summed E-state index contributed by atoms with van der Waals surface area (Å²) in [5, 5.41) is 5.33. The summed E-state index contributed by atoms with van der Waals surface area (Å²) in [6, 6.07) is 7.20. The van der Waals surface area contributed by atoms with E-state index < -0.39 is 6.03 Å². The zero-order valence-electron chi connectivity index (χ0n) is 12.0. The lowest BCUT2D eigenvalue weighted by atomic mass is 10.2. The van der Waals surface area contributed by atoms with E-state index in [1.54, 1.807) is 0 Å². The number of rotatable bonds is 4. The number of hydrogen-bond acceptors (Lipinski definition) is 5. The first kappa shape index (κ1) is 14.6. The predicted molar refractivity (Wildman–Crippen MR) is 79.0 cm³/mol. The Hall–Kier alpha value is -2.83. The highest BCUT2D eigenvalue weighted by molar-refractivity contribution is 6.00. The molecule has 0 bridgehead atoms. The fourth-order valence-electron chi connectivity index (χ4n) is 1.61. The molecule has 0 fully saturated rings. The Bertz CT molecular complexity index is 629. The molecule has 1 aromatic carbocycles. The minimum Gasteiger partial charge on any atom is -0.479 e. The summed E-state index contributed by atoms with van der Waals surface area (Å²) in [6.45, 7) is 1.98. The van der Waals surface area contributed by atoms with Crippen molar-refractivity contribution in [3.05, 3.63) is 36.0 Å². The van der Waals surface area contributed by atoms with Crippen LogP contribution in [0, 0.1) is 6.92 Å². The van der Waals surface area contributed by atoms with Gasteiger partial charge in [-0.05, 0) is 19.1 Å². The van der Waals surface area contributed by atoms with Crippen molar-refractivity contribution in [2.75, 3.05) is 24.9 Å². The van der Waals surface area contributed by atoms with Crippen molar-refractivity contribution in [3.63, 3.8) is 0 Å². The maximum Gasteiger partial charge on any atom is 0.323 e. The standard InChI is InChI=1S/C14H16N4O3/c1-9-4-6-10(7-5-9)16-13(19)17-11-8-15-14(21-3)18-12(11)20-2/h4-8H,1-3H3,(H2,16,17,19). The SMILES string of the molecule is COc1ncc(NC(=O)Nc2ccc(C)cc2)c(OC)n1. The summed E-state index contributed by atoms with van der Waals surface area (Å²) in [5.74, 6) is 0.223. The van der Waals surface area contributed by atoms with E-state index in [0.29, 0.717) is 11.4 Å². The summed E-state index contributed by atoms with van der Waals surface area (Å²) >= 11 is 0. The summed E-state index contributed by atoms with van der Waals surface area (Å²) < 4.78 is 9.97. The van der Waals surface area contributed by atoms with Crippen LogP contribution in [0.5, 0.6) is 11.9 Å². The molecule has 2 N–H and O–H groups in total. The van der Waals surface area contributed by atoms with Gasteiger partial charge in [-0.1, -0.05) is 17.7 Å². The van der Waals surface area contributed by atoms with Crippen molar-refractivity contribution in [1.82, 2.24) is 9.97 Å². The molecule has 2 rings (SSSR count). The molecule has 0 aliphatic heterocycles. The second-order valence-electron chi connectivity index (χ2n) is 4.22. The van der Waals surface area contributed by atoms with Crippen LogP contribution in [0.25, 0.3) is 0 Å². The zero-order valence-corrected chi connectivity index (χ0v) is 12.0. The normalized spacial score (nSPS) is 9.86. The number of aromatic nitrogens is 2. The number of benzene rings is 1. The summed E-state index contributed by atoms with van der Waals surface area (Å²) in [4.78, 5) is 19.8. The Morgan fingerprint density at radius 3 is 2.43 bits per heavy atom. The third-order valence-corrected chi connectivity index (χ3v) is 2.67. The van der Waals surface area contributed by atoms with Gasteiger partial charge in [0.15, 0.2) is 0 Å². The Labute approximate surface area is 122 Å². The zero-order chi connectivity index (χ0) is 15.2. The highest BCUT2D eigenvalue weighted by Gasteiger charge is 2.11. The van der Waals surface area contributed by atoms with Crippen molar-refractivity contribution in [2.45, 2.75) is 6.92 Å². The van der Waals surface area contributed by atoms with Gasteiger partial charge in [-0.2, -0.15) is 4.98 Å². The van der Waals surface area contributed by atoms with E-state index in [4.69, 9.17) is 9.47 Å². The molecular formula is C14H16N4O3. The number of urea groups is 1. The number of methoxy groups -OCH3 is 2. The number of ether oxygens (including phenoxy) is 2. The summed E-state index contributed by atoms with van der Waals surface area (Å²) in [5.41, 5.74) is 2.15. The molecule has 2 amide bonds. The second-order valence-corrected chi connectivity index (χ2v) is 4.22. The van der Waals surface area contributed by atoms with Crippen molar-refractivity contribution in [3.8, 4) is 11.9 Å². The van der Waals surface area contributed by atoms with Crippen LogP contribution in [0.2, 0.25) is 0 Å². The number of amides is 2. The second kappa shape index (κ2) is 6.56. The lowest BCUT2D eigenvalue weighted by Gasteiger charge is -2.10. The quantitative estimate of drug-likeness (QED) is 0.902. The van der Waals surface area contributed by atoms with E-state index in [1.807, 2.05) is 31.2 Å². The third-order valence-electron chi connectivity index (χ3n) is 2.67. The van der Waals surface area contributed by atoms with Crippen LogP contribution in [0.3, 0.4) is 0 Å². The van der Waals surface area contributed by atoms with Crippen LogP contribution in [-0.2, 0) is 0 Å². The van der Waals surface area contributed by atoms with Gasteiger partial charge in [-0.15, -0.1) is 0 Å². The van der Waals surface area contributed by atoms with Gasteiger partial charge < -0.3 is 20.1 Å². The average molecular weight is 288 g/mol. The largest absolute Gasteiger partial charge is 0.479 e. The molecule has 0 saturated heterocycles. The maximum absolute atomic E-state index is 11.9. The van der Waals surface area contributed by atoms with Gasteiger partial charge in [0, 0.05) is 5.69 Å². The van der Waals surface area contributed by atoms with Gasteiger partial charge in [-0.25, -0.2) is 9.78 Å². The predicted octanol–water partition coefficient (Wildman–Crippen LogP) is 2.45. The average Bonchev–Trinajstić information content (AvgIpc) is 2.50. The fourth-order valence-corrected chi connectivity index (χ4v) is 1.61. The minimum atomic E-state index is -0.411. The highest BCUT2D eigenvalue weighted by Crippen LogP contribution is 2.22. The topological polar surface area (TPSA) is 85.4 Å². The molecule has 21 heavy (non-hydrogen) atoms. The number of aryl methyl sites for hydroxylation is 1. The maximum atomic E-state index is 11.9. The van der Waals surface area contributed by atoms with Crippen LogP contribution in [0.4, 0.5) is 16.2 Å².